The molecule has 0 aromatic rings. The van der Waals surface area contributed by atoms with Crippen LogP contribution in [0.1, 0.15) is 61.8 Å². The van der Waals surface area contributed by atoms with Crippen LogP contribution in [-0.4, -0.2) is 66.1 Å². The predicted octanol–water partition coefficient (Wildman–Crippen LogP) is 3.70. The summed E-state index contributed by atoms with van der Waals surface area (Å²) in [5.41, 5.74) is 0.0859. The topological polar surface area (TPSA) is 92.3 Å². The molecule has 0 aromatic carbocycles. The molecular weight excluding hydrogens is 470 g/mol. The monoisotopic (exact) mass is 511 g/mol. The van der Waals surface area contributed by atoms with E-state index >= 15 is 0 Å². The van der Waals surface area contributed by atoms with E-state index in [1.165, 1.54) is 6.08 Å². The Hall–Kier alpha value is -0.886. The summed E-state index contributed by atoms with van der Waals surface area (Å²) in [4.78, 5) is 24.5. The van der Waals surface area contributed by atoms with Gasteiger partial charge in [0.25, 0.3) is 0 Å². The molecule has 3 fully saturated rings. The lowest BCUT2D eigenvalue weighted by molar-refractivity contribution is -0.214. The van der Waals surface area contributed by atoms with E-state index in [4.69, 9.17) is 22.4 Å². The summed E-state index contributed by atoms with van der Waals surface area (Å²) in [5.74, 6) is -1.39. The molecule has 0 aliphatic carbocycles. The number of hydrogen-bond donors (Lipinski definition) is 1. The summed E-state index contributed by atoms with van der Waals surface area (Å²) < 4.78 is 34.2. The molecule has 5 atom stereocenters. The van der Waals surface area contributed by atoms with Crippen molar-refractivity contribution in [2.75, 3.05) is 13.2 Å². The lowest BCUT2D eigenvalue weighted by Crippen LogP contribution is -2.69. The van der Waals surface area contributed by atoms with Gasteiger partial charge in [-0.15, -0.1) is 0 Å². The van der Waals surface area contributed by atoms with Crippen molar-refractivity contribution in [3.63, 3.8) is 0 Å². The molecule has 4 aliphatic rings. The van der Waals surface area contributed by atoms with Crippen LogP contribution in [0, 0.1) is 5.92 Å². The van der Waals surface area contributed by atoms with Crippen LogP contribution in [0.25, 0.3) is 0 Å². The van der Waals surface area contributed by atoms with Crippen molar-refractivity contribution in [2.45, 2.75) is 108 Å². The number of carbonyl (C=O) groups is 2. The van der Waals surface area contributed by atoms with E-state index in [1.54, 1.807) is 6.08 Å². The minimum Gasteiger partial charge on any atom is -0.414 e. The Balaban J connectivity index is 1.79. The van der Waals surface area contributed by atoms with E-state index in [0.29, 0.717) is 13.2 Å². The highest BCUT2D eigenvalue weighted by atomic mass is 28.5. The second kappa shape index (κ2) is 9.21. The van der Waals surface area contributed by atoms with Crippen LogP contribution in [0.5, 0.6) is 0 Å². The van der Waals surface area contributed by atoms with Crippen LogP contribution in [0.2, 0.25) is 22.2 Å². The van der Waals surface area contributed by atoms with Crippen molar-refractivity contribution in [2.24, 2.45) is 5.92 Å². The van der Waals surface area contributed by atoms with Crippen LogP contribution in [0.15, 0.2) is 12.2 Å². The lowest BCUT2D eigenvalue weighted by atomic mass is 9.77. The lowest BCUT2D eigenvalue weighted by Gasteiger charge is -2.54. The van der Waals surface area contributed by atoms with Gasteiger partial charge in [0.1, 0.15) is 23.9 Å². The molecule has 2 amide bonds. The van der Waals surface area contributed by atoms with Gasteiger partial charge in [0.05, 0.1) is 19.1 Å². The molecule has 1 spiro atoms. The first-order valence-corrected chi connectivity index (χ1v) is 16.7. The first kappa shape index (κ1) is 26.2. The Morgan fingerprint density at radius 3 is 2.00 bits per heavy atom. The van der Waals surface area contributed by atoms with Crippen LogP contribution in [0.4, 0.5) is 0 Å². The molecule has 192 valence electrons. The van der Waals surface area contributed by atoms with E-state index in [1.807, 2.05) is 0 Å². The summed E-state index contributed by atoms with van der Waals surface area (Å²) in [6.45, 7) is 18.4. The fourth-order valence-corrected chi connectivity index (χ4v) is 17.5. The van der Waals surface area contributed by atoms with Gasteiger partial charge in [0.2, 0.25) is 11.8 Å². The molecule has 0 aromatic heterocycles. The third kappa shape index (κ3) is 3.89. The molecule has 0 bridgehead atoms. The number of fused-ring (bicyclic) bond motifs is 2. The molecule has 3 saturated heterocycles. The van der Waals surface area contributed by atoms with E-state index in [9.17, 15) is 9.59 Å². The third-order valence-corrected chi connectivity index (χ3v) is 18.4. The van der Waals surface area contributed by atoms with E-state index in [0.717, 1.165) is 6.42 Å². The fourth-order valence-electron chi connectivity index (χ4n) is 6.22. The van der Waals surface area contributed by atoms with Crippen molar-refractivity contribution in [1.29, 1.82) is 0 Å². The van der Waals surface area contributed by atoms with Crippen molar-refractivity contribution < 1.29 is 32.0 Å². The number of rotatable bonds is 5. The first-order valence-electron chi connectivity index (χ1n) is 12.7. The minimum absolute atomic E-state index is 0.186. The molecule has 1 N–H and O–H groups in total. The number of imide groups is 1. The molecule has 8 nitrogen and oxygen atoms in total. The minimum atomic E-state index is -2.84. The summed E-state index contributed by atoms with van der Waals surface area (Å²) >= 11 is 0. The van der Waals surface area contributed by atoms with Crippen molar-refractivity contribution in [3.8, 4) is 0 Å². The standard InChI is InChI=1S/C24H41NO7Si2/c1-14(2)33(15(3)4)29-13-19-22(31-34(32-33,16(5)6)17(7)8)24(11-12-28-24)21(30-19)18-9-10-20(26)25-23(18)27/h9-10,14-19,21-22H,11-13H2,1-8H3,(H,25,26,27)/t18?,19-,21+,22-,24+/m1/s1. The Labute approximate surface area is 205 Å². The normalized spacial score (nSPS) is 37.2. The first-order chi connectivity index (χ1) is 15.9. The fraction of sp³-hybridized carbons (Fsp3) is 0.833. The van der Waals surface area contributed by atoms with Gasteiger partial charge in [0.15, 0.2) is 0 Å². The average Bonchev–Trinajstić information content (AvgIpc) is 3.00. The number of carbonyl (C=O) groups excluding carboxylic acids is 2. The second-order valence-electron chi connectivity index (χ2n) is 11.4. The zero-order chi connectivity index (χ0) is 25.1. The van der Waals surface area contributed by atoms with E-state index < -0.39 is 46.8 Å². The second-order valence-corrected chi connectivity index (χ2v) is 20.2. The summed E-state index contributed by atoms with van der Waals surface area (Å²) in [6, 6.07) is 0. The zero-order valence-electron chi connectivity index (χ0n) is 21.8. The Kier molecular flexibility index (Phi) is 7.09. The largest absolute Gasteiger partial charge is 0.414 e. The smallest absolute Gasteiger partial charge is 0.335 e. The zero-order valence-corrected chi connectivity index (χ0v) is 23.8. The maximum Gasteiger partial charge on any atom is 0.335 e. The molecular formula is C24H41NO7Si2. The number of amides is 2. The van der Waals surface area contributed by atoms with Crippen LogP contribution >= 0.6 is 0 Å². The molecule has 0 saturated carbocycles. The highest BCUT2D eigenvalue weighted by Gasteiger charge is 2.69. The van der Waals surface area contributed by atoms with Gasteiger partial charge in [-0.05, 0) is 22.2 Å². The average molecular weight is 512 g/mol. The highest BCUT2D eigenvalue weighted by Crippen LogP contribution is 2.53. The summed E-state index contributed by atoms with van der Waals surface area (Å²) in [6.07, 6.45) is 2.45. The molecule has 10 heteroatoms. The van der Waals surface area contributed by atoms with Crippen molar-refractivity contribution in [1.82, 2.24) is 5.32 Å². The van der Waals surface area contributed by atoms with E-state index in [-0.39, 0.29) is 34.2 Å². The Morgan fingerprint density at radius 2 is 1.53 bits per heavy atom. The van der Waals surface area contributed by atoms with E-state index in [2.05, 4.69) is 60.7 Å². The van der Waals surface area contributed by atoms with Gasteiger partial charge >= 0.3 is 17.1 Å². The maximum atomic E-state index is 12.8. The highest BCUT2D eigenvalue weighted by molar-refractivity contribution is 6.84. The van der Waals surface area contributed by atoms with Gasteiger partial charge in [-0.2, -0.15) is 0 Å². The quantitative estimate of drug-likeness (QED) is 0.444. The molecule has 4 rings (SSSR count). The predicted molar refractivity (Wildman–Crippen MR) is 132 cm³/mol. The maximum absolute atomic E-state index is 12.8. The van der Waals surface area contributed by atoms with Gasteiger partial charge in [-0.25, -0.2) is 0 Å². The van der Waals surface area contributed by atoms with Crippen molar-refractivity contribution in [3.05, 3.63) is 12.2 Å². The SMILES string of the molecule is CC(C)[Si]1(C(C)C)OC[C@H]2O[C@@H](C3C=CC(=O)NC3=O)[C@@]3(CCO3)[C@@H]2O[Si](C(C)C)(C(C)C)O1. The molecule has 1 unspecified atom stereocenters. The number of ether oxygens (including phenoxy) is 2. The van der Waals surface area contributed by atoms with Crippen LogP contribution < -0.4 is 5.32 Å². The Morgan fingerprint density at radius 1 is 0.941 bits per heavy atom. The van der Waals surface area contributed by atoms with Gasteiger partial charge in [0, 0.05) is 12.5 Å². The third-order valence-electron chi connectivity index (χ3n) is 8.14. The summed E-state index contributed by atoms with van der Waals surface area (Å²) in [7, 11) is -5.53. The molecule has 4 aliphatic heterocycles. The van der Waals surface area contributed by atoms with Gasteiger partial charge in [-0.3, -0.25) is 14.9 Å². The number of hydrogen-bond acceptors (Lipinski definition) is 7. The van der Waals surface area contributed by atoms with Crippen LogP contribution in [-0.2, 0) is 32.0 Å². The summed E-state index contributed by atoms with van der Waals surface area (Å²) in [5, 5.41) is 2.41. The molecule has 4 heterocycles. The van der Waals surface area contributed by atoms with Crippen LogP contribution in [0.3, 0.4) is 0 Å². The van der Waals surface area contributed by atoms with Gasteiger partial charge in [-0.1, -0.05) is 61.5 Å². The number of nitrogens with one attached hydrogen (secondary N) is 1. The Bertz CT molecular complexity index is 823. The van der Waals surface area contributed by atoms with Crippen molar-refractivity contribution >= 4 is 28.9 Å². The molecule has 0 radical (unpaired) electrons. The molecule has 34 heavy (non-hydrogen) atoms. The van der Waals surface area contributed by atoms with Gasteiger partial charge < -0.3 is 22.4 Å².